The van der Waals surface area contributed by atoms with Crippen LogP contribution in [0.4, 0.5) is 0 Å². The normalized spacial score (nSPS) is 23.9. The third-order valence-corrected chi connectivity index (χ3v) is 3.81. The van der Waals surface area contributed by atoms with Gasteiger partial charge in [0.15, 0.2) is 0 Å². The van der Waals surface area contributed by atoms with E-state index >= 15 is 0 Å². The van der Waals surface area contributed by atoms with Crippen LogP contribution in [0, 0.1) is 5.92 Å². The first-order chi connectivity index (χ1) is 8.54. The summed E-state index contributed by atoms with van der Waals surface area (Å²) in [6, 6.07) is 4.45. The number of rotatable bonds is 3. The molecule has 0 bridgehead atoms. The molecule has 18 heavy (non-hydrogen) atoms. The van der Waals surface area contributed by atoms with E-state index in [2.05, 4.69) is 20.8 Å². The highest BCUT2D eigenvalue weighted by atomic mass is 16.2. The Morgan fingerprint density at radius 3 is 2.83 bits per heavy atom. The summed E-state index contributed by atoms with van der Waals surface area (Å²) in [7, 11) is 0. The summed E-state index contributed by atoms with van der Waals surface area (Å²) in [4.78, 5) is 14.5. The van der Waals surface area contributed by atoms with Crippen LogP contribution in [-0.4, -0.2) is 34.5 Å². The Hall–Kier alpha value is -1.29. The molecule has 0 aliphatic carbocycles. The van der Waals surface area contributed by atoms with Crippen LogP contribution in [0.3, 0.4) is 0 Å². The summed E-state index contributed by atoms with van der Waals surface area (Å²) in [5.41, 5.74) is 6.50. The van der Waals surface area contributed by atoms with Crippen LogP contribution in [-0.2, 0) is 0 Å². The molecule has 2 rings (SSSR count). The van der Waals surface area contributed by atoms with Gasteiger partial charge < -0.3 is 15.2 Å². The van der Waals surface area contributed by atoms with Crippen molar-refractivity contribution >= 4 is 5.91 Å². The minimum atomic E-state index is 0.136. The third kappa shape index (κ3) is 2.29. The largest absolute Gasteiger partial charge is 0.341 e. The van der Waals surface area contributed by atoms with E-state index in [0.717, 1.165) is 18.7 Å². The average Bonchev–Trinajstić information content (AvgIpc) is 2.94. The van der Waals surface area contributed by atoms with E-state index in [1.54, 1.807) is 0 Å². The van der Waals surface area contributed by atoms with E-state index in [0.29, 0.717) is 24.5 Å². The van der Waals surface area contributed by atoms with Crippen molar-refractivity contribution in [2.45, 2.75) is 39.3 Å². The first kappa shape index (κ1) is 13.1. The van der Waals surface area contributed by atoms with Gasteiger partial charge in [-0.1, -0.05) is 0 Å². The van der Waals surface area contributed by atoms with E-state index in [4.69, 9.17) is 5.73 Å². The van der Waals surface area contributed by atoms with Crippen molar-refractivity contribution in [1.29, 1.82) is 0 Å². The molecule has 1 aliphatic heterocycles. The number of likely N-dealkylation sites (tertiary alicyclic amines) is 1. The number of carbonyl (C=O) groups is 1. The van der Waals surface area contributed by atoms with Gasteiger partial charge in [-0.2, -0.15) is 0 Å². The Labute approximate surface area is 109 Å². The molecule has 100 valence electrons. The van der Waals surface area contributed by atoms with Gasteiger partial charge in [0, 0.05) is 24.8 Å². The third-order valence-electron chi connectivity index (χ3n) is 3.81. The Balaban J connectivity index is 2.19. The van der Waals surface area contributed by atoms with Crippen molar-refractivity contribution in [1.82, 2.24) is 9.47 Å². The minimum absolute atomic E-state index is 0.136. The van der Waals surface area contributed by atoms with Gasteiger partial charge in [-0.3, -0.25) is 4.79 Å². The van der Waals surface area contributed by atoms with Gasteiger partial charge in [0.1, 0.15) is 5.69 Å². The smallest absolute Gasteiger partial charge is 0.270 e. The van der Waals surface area contributed by atoms with E-state index < -0.39 is 0 Å². The summed E-state index contributed by atoms with van der Waals surface area (Å²) in [6.45, 7) is 7.75. The van der Waals surface area contributed by atoms with Crippen LogP contribution in [0.5, 0.6) is 0 Å². The van der Waals surface area contributed by atoms with Crippen molar-refractivity contribution in [3.63, 3.8) is 0 Å². The highest BCUT2D eigenvalue weighted by Crippen LogP contribution is 2.25. The van der Waals surface area contributed by atoms with Crippen molar-refractivity contribution in [3.05, 3.63) is 24.0 Å². The molecule has 1 saturated heterocycles. The molecule has 2 atom stereocenters. The van der Waals surface area contributed by atoms with Crippen LogP contribution >= 0.6 is 0 Å². The molecule has 0 saturated carbocycles. The van der Waals surface area contributed by atoms with Crippen LogP contribution in [0.1, 0.15) is 43.7 Å². The molecule has 4 nitrogen and oxygen atoms in total. The zero-order valence-corrected chi connectivity index (χ0v) is 11.5. The second kappa shape index (κ2) is 5.14. The molecule has 4 heteroatoms. The first-order valence-electron chi connectivity index (χ1n) is 6.72. The molecule has 2 N–H and O–H groups in total. The van der Waals surface area contributed by atoms with Crippen LogP contribution < -0.4 is 5.73 Å². The average molecular weight is 249 g/mol. The first-order valence-corrected chi connectivity index (χ1v) is 6.72. The van der Waals surface area contributed by atoms with Gasteiger partial charge in [-0.25, -0.2) is 0 Å². The van der Waals surface area contributed by atoms with Crippen LogP contribution in [0.2, 0.25) is 0 Å². The SMILES string of the molecule is CC1CC(CN)CN1C(=O)c1cccn1C(C)C. The molecule has 1 fully saturated rings. The lowest BCUT2D eigenvalue weighted by molar-refractivity contribution is 0.0731. The molecule has 0 aromatic carbocycles. The van der Waals surface area contributed by atoms with Gasteiger partial charge in [0.2, 0.25) is 0 Å². The molecule has 2 unspecified atom stereocenters. The van der Waals surface area contributed by atoms with Gasteiger partial charge in [-0.15, -0.1) is 0 Å². The lowest BCUT2D eigenvalue weighted by Gasteiger charge is -2.23. The van der Waals surface area contributed by atoms with E-state index in [1.165, 1.54) is 0 Å². The maximum Gasteiger partial charge on any atom is 0.270 e. The van der Waals surface area contributed by atoms with Crippen molar-refractivity contribution in [2.24, 2.45) is 11.7 Å². The summed E-state index contributed by atoms with van der Waals surface area (Å²) in [5.74, 6) is 0.587. The maximum absolute atomic E-state index is 12.6. The van der Waals surface area contributed by atoms with E-state index in [9.17, 15) is 4.79 Å². The Kier molecular flexibility index (Phi) is 3.76. The predicted octanol–water partition coefficient (Wildman–Crippen LogP) is 1.88. The van der Waals surface area contributed by atoms with Crippen molar-refractivity contribution in [2.75, 3.05) is 13.1 Å². The number of carbonyl (C=O) groups excluding carboxylic acids is 1. The number of nitrogens with zero attached hydrogens (tertiary/aromatic N) is 2. The Morgan fingerprint density at radius 2 is 2.28 bits per heavy atom. The summed E-state index contributed by atoms with van der Waals surface area (Å²) < 4.78 is 2.03. The van der Waals surface area contributed by atoms with Crippen LogP contribution in [0.25, 0.3) is 0 Å². The number of aromatic nitrogens is 1. The Bertz CT molecular complexity index is 424. The van der Waals surface area contributed by atoms with Gasteiger partial charge in [0.25, 0.3) is 5.91 Å². The molecule has 1 amide bonds. The molecule has 0 radical (unpaired) electrons. The number of hydrogen-bond acceptors (Lipinski definition) is 2. The number of nitrogens with two attached hydrogens (primary N) is 1. The highest BCUT2D eigenvalue weighted by molar-refractivity contribution is 5.93. The van der Waals surface area contributed by atoms with E-state index in [1.807, 2.05) is 27.8 Å². The molecule has 0 spiro atoms. The van der Waals surface area contributed by atoms with Gasteiger partial charge >= 0.3 is 0 Å². The second-order valence-corrected chi connectivity index (χ2v) is 5.54. The lowest BCUT2D eigenvalue weighted by Crippen LogP contribution is -2.35. The highest BCUT2D eigenvalue weighted by Gasteiger charge is 2.33. The van der Waals surface area contributed by atoms with Crippen molar-refractivity contribution < 1.29 is 4.79 Å². The molecule has 1 aromatic rings. The fourth-order valence-electron chi connectivity index (χ4n) is 2.77. The fourth-order valence-corrected chi connectivity index (χ4v) is 2.77. The number of amides is 1. The standard InChI is InChI=1S/C14H23N3O/c1-10(2)16-6-4-5-13(16)14(18)17-9-12(8-15)7-11(17)3/h4-6,10-12H,7-9,15H2,1-3H3. The zero-order chi connectivity index (χ0) is 13.3. The number of hydrogen-bond donors (Lipinski definition) is 1. The fraction of sp³-hybridized carbons (Fsp3) is 0.643. The summed E-state index contributed by atoms with van der Waals surface area (Å²) in [6.07, 6.45) is 2.99. The quantitative estimate of drug-likeness (QED) is 0.889. The van der Waals surface area contributed by atoms with Gasteiger partial charge in [-0.05, 0) is 51.8 Å². The zero-order valence-electron chi connectivity index (χ0n) is 11.5. The van der Waals surface area contributed by atoms with Gasteiger partial charge in [0.05, 0.1) is 0 Å². The summed E-state index contributed by atoms with van der Waals surface area (Å²) >= 11 is 0. The predicted molar refractivity (Wildman–Crippen MR) is 72.5 cm³/mol. The Morgan fingerprint density at radius 1 is 1.56 bits per heavy atom. The monoisotopic (exact) mass is 249 g/mol. The molecule has 1 aromatic heterocycles. The lowest BCUT2D eigenvalue weighted by atomic mass is 10.1. The summed E-state index contributed by atoms with van der Waals surface area (Å²) in [5, 5.41) is 0. The van der Waals surface area contributed by atoms with E-state index in [-0.39, 0.29) is 5.91 Å². The second-order valence-electron chi connectivity index (χ2n) is 5.54. The topological polar surface area (TPSA) is 51.3 Å². The molecular formula is C14H23N3O. The van der Waals surface area contributed by atoms with Crippen molar-refractivity contribution in [3.8, 4) is 0 Å². The van der Waals surface area contributed by atoms with Crippen LogP contribution in [0.15, 0.2) is 18.3 Å². The maximum atomic E-state index is 12.6. The molecular weight excluding hydrogens is 226 g/mol. The molecule has 1 aliphatic rings. The minimum Gasteiger partial charge on any atom is -0.341 e. The molecule has 2 heterocycles.